The SMILES string of the molecule is Fc1ccc(C23CC(I)(C2)C3)cc1F. The lowest BCUT2D eigenvalue weighted by Crippen LogP contribution is -2.65. The number of alkyl halides is 1. The minimum absolute atomic E-state index is 0.190. The molecule has 4 rings (SSSR count). The molecule has 1 aromatic carbocycles. The van der Waals surface area contributed by atoms with Crippen LogP contribution < -0.4 is 0 Å². The molecule has 3 aliphatic rings. The monoisotopic (exact) mass is 306 g/mol. The summed E-state index contributed by atoms with van der Waals surface area (Å²) >= 11 is 2.48. The van der Waals surface area contributed by atoms with Gasteiger partial charge in [-0.15, -0.1) is 0 Å². The van der Waals surface area contributed by atoms with Gasteiger partial charge in [0, 0.05) is 3.42 Å². The Morgan fingerprint density at radius 3 is 2.21 bits per heavy atom. The third-order valence-electron chi connectivity index (χ3n) is 3.50. The molecule has 3 heteroatoms. The quantitative estimate of drug-likeness (QED) is 0.549. The Bertz CT molecular complexity index is 394. The third-order valence-corrected chi connectivity index (χ3v) is 4.64. The van der Waals surface area contributed by atoms with Crippen LogP contribution in [0.5, 0.6) is 0 Å². The maximum atomic E-state index is 13.0. The van der Waals surface area contributed by atoms with Gasteiger partial charge in [-0.2, -0.15) is 0 Å². The van der Waals surface area contributed by atoms with E-state index in [-0.39, 0.29) is 5.41 Å². The second kappa shape index (κ2) is 2.49. The van der Waals surface area contributed by atoms with E-state index in [0.717, 1.165) is 24.8 Å². The molecule has 0 unspecified atom stereocenters. The van der Waals surface area contributed by atoms with Gasteiger partial charge in [0.25, 0.3) is 0 Å². The van der Waals surface area contributed by atoms with E-state index >= 15 is 0 Å². The summed E-state index contributed by atoms with van der Waals surface area (Å²) in [5.74, 6) is -1.46. The summed E-state index contributed by atoms with van der Waals surface area (Å²) in [6, 6.07) is 4.34. The van der Waals surface area contributed by atoms with Crippen molar-refractivity contribution in [1.82, 2.24) is 0 Å². The standard InChI is InChI=1S/C11H9F2I/c12-8-2-1-7(3-9(8)13)10-4-11(14,5-10)6-10/h1-3H,4-6H2. The number of halogens is 3. The maximum absolute atomic E-state index is 13.0. The molecular formula is C11H9F2I. The predicted octanol–water partition coefficient (Wildman–Crippen LogP) is 3.57. The van der Waals surface area contributed by atoms with Crippen LogP contribution in [-0.2, 0) is 5.41 Å². The van der Waals surface area contributed by atoms with Gasteiger partial charge >= 0.3 is 0 Å². The Hall–Kier alpha value is -0.190. The van der Waals surface area contributed by atoms with Crippen LogP contribution in [-0.4, -0.2) is 3.42 Å². The van der Waals surface area contributed by atoms with Gasteiger partial charge in [0.05, 0.1) is 0 Å². The summed E-state index contributed by atoms with van der Waals surface area (Å²) in [5.41, 5.74) is 1.17. The van der Waals surface area contributed by atoms with E-state index in [2.05, 4.69) is 22.6 Å². The Kier molecular flexibility index (Phi) is 1.61. The minimum Gasteiger partial charge on any atom is -0.204 e. The fourth-order valence-corrected chi connectivity index (χ4v) is 4.99. The Balaban J connectivity index is 1.95. The number of benzene rings is 1. The predicted molar refractivity (Wildman–Crippen MR) is 58.6 cm³/mol. The van der Waals surface area contributed by atoms with Crippen molar-refractivity contribution >= 4 is 22.6 Å². The molecule has 0 aliphatic heterocycles. The highest BCUT2D eigenvalue weighted by Crippen LogP contribution is 2.72. The largest absolute Gasteiger partial charge is 0.204 e. The summed E-state index contributed by atoms with van der Waals surface area (Å²) < 4.78 is 26.2. The normalized spacial score (nSPS) is 38.8. The van der Waals surface area contributed by atoms with Crippen LogP contribution in [0.25, 0.3) is 0 Å². The van der Waals surface area contributed by atoms with Crippen molar-refractivity contribution in [3.8, 4) is 0 Å². The minimum atomic E-state index is -0.746. The van der Waals surface area contributed by atoms with Crippen LogP contribution in [0.1, 0.15) is 24.8 Å². The van der Waals surface area contributed by atoms with Gasteiger partial charge in [0.15, 0.2) is 11.6 Å². The molecule has 74 valence electrons. The Morgan fingerprint density at radius 2 is 1.71 bits per heavy atom. The topological polar surface area (TPSA) is 0 Å². The van der Waals surface area contributed by atoms with Crippen LogP contribution in [0, 0.1) is 11.6 Å². The zero-order chi connectivity index (χ0) is 9.97. The molecule has 0 N–H and O–H groups in total. The molecule has 0 atom stereocenters. The van der Waals surface area contributed by atoms with E-state index in [4.69, 9.17) is 0 Å². The fraction of sp³-hybridized carbons (Fsp3) is 0.455. The second-order valence-electron chi connectivity index (χ2n) is 4.59. The maximum Gasteiger partial charge on any atom is 0.159 e. The number of rotatable bonds is 1. The summed E-state index contributed by atoms with van der Waals surface area (Å²) in [7, 11) is 0. The second-order valence-corrected chi connectivity index (χ2v) is 6.88. The van der Waals surface area contributed by atoms with Gasteiger partial charge in [0.2, 0.25) is 0 Å². The molecule has 0 spiro atoms. The summed E-state index contributed by atoms with van der Waals surface area (Å²) in [6.45, 7) is 0. The Labute approximate surface area is 94.8 Å². The van der Waals surface area contributed by atoms with Crippen LogP contribution in [0.15, 0.2) is 18.2 Å². The van der Waals surface area contributed by atoms with Gasteiger partial charge in [-0.1, -0.05) is 28.7 Å². The lowest BCUT2D eigenvalue weighted by Gasteiger charge is -2.68. The van der Waals surface area contributed by atoms with Crippen LogP contribution >= 0.6 is 22.6 Å². The molecule has 0 radical (unpaired) electrons. The summed E-state index contributed by atoms with van der Waals surface area (Å²) in [4.78, 5) is 0. The van der Waals surface area contributed by atoms with Crippen LogP contribution in [0.3, 0.4) is 0 Å². The fourth-order valence-electron chi connectivity index (χ4n) is 2.80. The zero-order valence-electron chi connectivity index (χ0n) is 7.49. The average molecular weight is 306 g/mol. The van der Waals surface area contributed by atoms with E-state index in [1.54, 1.807) is 6.07 Å². The summed E-state index contributed by atoms with van der Waals surface area (Å²) in [5, 5.41) is 0. The van der Waals surface area contributed by atoms with Crippen molar-refractivity contribution in [2.45, 2.75) is 28.1 Å². The first-order valence-corrected chi connectivity index (χ1v) is 5.76. The molecule has 1 aromatic rings. The van der Waals surface area contributed by atoms with Gasteiger partial charge in [-0.25, -0.2) is 8.78 Å². The molecule has 0 nitrogen and oxygen atoms in total. The van der Waals surface area contributed by atoms with Gasteiger partial charge < -0.3 is 0 Å². The first-order valence-electron chi connectivity index (χ1n) is 4.68. The van der Waals surface area contributed by atoms with Crippen molar-refractivity contribution in [1.29, 1.82) is 0 Å². The van der Waals surface area contributed by atoms with E-state index < -0.39 is 11.6 Å². The van der Waals surface area contributed by atoms with Crippen molar-refractivity contribution in [3.63, 3.8) is 0 Å². The van der Waals surface area contributed by atoms with Gasteiger partial charge in [-0.3, -0.25) is 0 Å². The van der Waals surface area contributed by atoms with Gasteiger partial charge in [-0.05, 0) is 42.4 Å². The summed E-state index contributed by atoms with van der Waals surface area (Å²) in [6.07, 6.45) is 3.39. The van der Waals surface area contributed by atoms with Gasteiger partial charge in [0.1, 0.15) is 0 Å². The van der Waals surface area contributed by atoms with Crippen molar-refractivity contribution in [2.75, 3.05) is 0 Å². The Morgan fingerprint density at radius 1 is 1.07 bits per heavy atom. The number of hydrogen-bond acceptors (Lipinski definition) is 0. The smallest absolute Gasteiger partial charge is 0.159 e. The molecule has 14 heavy (non-hydrogen) atoms. The van der Waals surface area contributed by atoms with Crippen LogP contribution in [0.4, 0.5) is 8.78 Å². The first kappa shape index (κ1) is 9.07. The van der Waals surface area contributed by atoms with Crippen molar-refractivity contribution < 1.29 is 8.78 Å². The van der Waals surface area contributed by atoms with E-state index in [1.807, 2.05) is 0 Å². The highest BCUT2D eigenvalue weighted by molar-refractivity contribution is 14.1. The lowest BCUT2D eigenvalue weighted by atomic mass is 9.42. The van der Waals surface area contributed by atoms with E-state index in [9.17, 15) is 8.78 Å². The molecule has 3 saturated carbocycles. The molecule has 0 amide bonds. The zero-order valence-corrected chi connectivity index (χ0v) is 9.64. The van der Waals surface area contributed by atoms with E-state index in [0.29, 0.717) is 3.42 Å². The molecule has 2 bridgehead atoms. The third kappa shape index (κ3) is 1.02. The van der Waals surface area contributed by atoms with E-state index in [1.165, 1.54) is 12.1 Å². The highest BCUT2D eigenvalue weighted by Gasteiger charge is 2.67. The lowest BCUT2D eigenvalue weighted by molar-refractivity contribution is 0.0217. The molecule has 3 aliphatic carbocycles. The van der Waals surface area contributed by atoms with Crippen molar-refractivity contribution in [3.05, 3.63) is 35.4 Å². The molecule has 0 saturated heterocycles. The average Bonchev–Trinajstić information content (AvgIpc) is 2.03. The highest BCUT2D eigenvalue weighted by atomic mass is 127. The molecule has 0 heterocycles. The number of hydrogen-bond donors (Lipinski definition) is 0. The molecular weight excluding hydrogens is 297 g/mol. The van der Waals surface area contributed by atoms with Crippen molar-refractivity contribution in [2.24, 2.45) is 0 Å². The molecule has 0 aromatic heterocycles. The first-order chi connectivity index (χ1) is 6.53. The van der Waals surface area contributed by atoms with Crippen LogP contribution in [0.2, 0.25) is 0 Å². The molecule has 3 fully saturated rings.